The first kappa shape index (κ1) is 21.0. The molecule has 1 aromatic rings. The molecule has 1 aromatic carbocycles. The molecule has 2 aliphatic heterocycles. The molecule has 2 heterocycles. The van der Waals surface area contributed by atoms with Crippen LogP contribution in [0.4, 0.5) is 0 Å². The molecule has 2 saturated heterocycles. The second-order valence-electron chi connectivity index (χ2n) is 8.15. The van der Waals surface area contributed by atoms with E-state index in [0.717, 1.165) is 37.9 Å². The zero-order chi connectivity index (χ0) is 20.0. The number of hydrogen-bond donors (Lipinski definition) is 0. The maximum atomic E-state index is 12.2. The maximum Gasteiger partial charge on any atom is 0.306 e. The summed E-state index contributed by atoms with van der Waals surface area (Å²) in [7, 11) is 0. The first-order valence-electron chi connectivity index (χ1n) is 10.2. The third kappa shape index (κ3) is 6.40. The maximum absolute atomic E-state index is 12.2. The van der Waals surface area contributed by atoms with Crippen molar-refractivity contribution < 1.29 is 23.8 Å². The number of hydrogen-bond acceptors (Lipinski definition) is 6. The largest absolute Gasteiger partial charge is 0.461 e. The predicted octanol–water partition coefficient (Wildman–Crippen LogP) is 3.09. The number of carbonyl (C=O) groups is 2. The summed E-state index contributed by atoms with van der Waals surface area (Å²) in [5.41, 5.74) is 1.00. The highest BCUT2D eigenvalue weighted by Crippen LogP contribution is 2.32. The third-order valence-corrected chi connectivity index (χ3v) is 5.15. The van der Waals surface area contributed by atoms with Crippen LogP contribution in [-0.2, 0) is 30.4 Å². The zero-order valence-corrected chi connectivity index (χ0v) is 16.9. The number of carbonyl (C=O) groups excluding carboxylic acids is 2. The topological polar surface area (TPSA) is 65.1 Å². The molecular weight excluding hydrogens is 358 g/mol. The fraction of sp³-hybridized carbons (Fsp3) is 0.636. The van der Waals surface area contributed by atoms with Crippen LogP contribution in [0, 0.1) is 0 Å². The number of likely N-dealkylation sites (tertiary alicyclic amines) is 1. The van der Waals surface area contributed by atoms with E-state index in [1.807, 2.05) is 44.2 Å². The van der Waals surface area contributed by atoms with Crippen molar-refractivity contribution >= 4 is 11.8 Å². The zero-order valence-electron chi connectivity index (χ0n) is 16.9. The lowest BCUT2D eigenvalue weighted by atomic mass is 10.1. The molecule has 2 atom stereocenters. The van der Waals surface area contributed by atoms with Gasteiger partial charge in [-0.25, -0.2) is 0 Å². The van der Waals surface area contributed by atoms with Crippen LogP contribution in [0.3, 0.4) is 0 Å². The molecule has 0 radical (unpaired) electrons. The van der Waals surface area contributed by atoms with Crippen LogP contribution < -0.4 is 0 Å². The van der Waals surface area contributed by atoms with Crippen molar-refractivity contribution in [1.29, 1.82) is 0 Å². The molecule has 0 saturated carbocycles. The Kier molecular flexibility index (Phi) is 7.21. The molecule has 6 nitrogen and oxygen atoms in total. The van der Waals surface area contributed by atoms with Crippen molar-refractivity contribution in [2.24, 2.45) is 0 Å². The molecule has 0 unspecified atom stereocenters. The van der Waals surface area contributed by atoms with Crippen molar-refractivity contribution in [3.8, 4) is 0 Å². The van der Waals surface area contributed by atoms with Crippen LogP contribution in [0.1, 0.15) is 51.5 Å². The smallest absolute Gasteiger partial charge is 0.306 e. The number of Topliss-reactive ketones (excluding diaryl/α,β-unsaturated/α-hetero) is 1. The van der Waals surface area contributed by atoms with E-state index < -0.39 is 5.79 Å². The Hall–Kier alpha value is -1.76. The highest BCUT2D eigenvalue weighted by Gasteiger charge is 2.44. The number of ketones is 1. The molecule has 0 N–H and O–H groups in total. The lowest BCUT2D eigenvalue weighted by Gasteiger charge is -2.23. The van der Waals surface area contributed by atoms with Gasteiger partial charge >= 0.3 is 5.97 Å². The fourth-order valence-electron chi connectivity index (χ4n) is 3.86. The quantitative estimate of drug-likeness (QED) is 0.503. The van der Waals surface area contributed by atoms with Crippen molar-refractivity contribution in [1.82, 2.24) is 4.90 Å². The van der Waals surface area contributed by atoms with Crippen LogP contribution in [0.25, 0.3) is 0 Å². The molecule has 0 bridgehead atoms. The Labute approximate surface area is 167 Å². The summed E-state index contributed by atoms with van der Waals surface area (Å²) in [6, 6.07) is 9.70. The fourth-order valence-corrected chi connectivity index (χ4v) is 3.86. The summed E-state index contributed by atoms with van der Waals surface area (Å²) in [6.45, 7) is 6.13. The number of nitrogens with zero attached hydrogens (tertiary/aromatic N) is 1. The van der Waals surface area contributed by atoms with Crippen molar-refractivity contribution in [3.05, 3.63) is 35.9 Å². The summed E-state index contributed by atoms with van der Waals surface area (Å²) in [4.78, 5) is 26.2. The van der Waals surface area contributed by atoms with Crippen molar-refractivity contribution in [3.63, 3.8) is 0 Å². The van der Waals surface area contributed by atoms with Gasteiger partial charge < -0.3 is 14.2 Å². The molecular formula is C22H31NO5. The molecule has 154 valence electrons. The normalized spacial score (nSPS) is 24.6. The minimum Gasteiger partial charge on any atom is -0.461 e. The van der Waals surface area contributed by atoms with E-state index in [1.54, 1.807) is 0 Å². The molecule has 2 aliphatic rings. The van der Waals surface area contributed by atoms with E-state index >= 15 is 0 Å². The Morgan fingerprint density at radius 3 is 2.68 bits per heavy atom. The molecule has 2 fully saturated rings. The van der Waals surface area contributed by atoms with Gasteiger partial charge in [-0.1, -0.05) is 36.8 Å². The average Bonchev–Trinajstić information content (AvgIpc) is 2.84. The van der Waals surface area contributed by atoms with Crippen LogP contribution in [0.2, 0.25) is 0 Å². The van der Waals surface area contributed by atoms with E-state index in [0.29, 0.717) is 26.0 Å². The summed E-state index contributed by atoms with van der Waals surface area (Å²) < 4.78 is 17.1. The molecule has 28 heavy (non-hydrogen) atoms. The highest BCUT2D eigenvalue weighted by molar-refractivity contribution is 5.81. The number of rotatable bonds is 8. The highest BCUT2D eigenvalue weighted by atomic mass is 16.8. The molecule has 0 aliphatic carbocycles. The number of esters is 1. The minimum absolute atomic E-state index is 0.0468. The van der Waals surface area contributed by atoms with Gasteiger partial charge in [0, 0.05) is 19.4 Å². The first-order chi connectivity index (χ1) is 13.4. The molecule has 0 spiro atoms. The van der Waals surface area contributed by atoms with Gasteiger partial charge in [-0.2, -0.15) is 0 Å². The number of fused-ring (bicyclic) bond motifs is 1. The SMILES string of the molecule is CC1(C)O[C@H]2CC(=O)CN(CCCCCC(=O)OCc3ccccc3)C[C@H]2O1. The molecule has 3 rings (SSSR count). The lowest BCUT2D eigenvalue weighted by molar-refractivity contribution is -0.152. The Balaban J connectivity index is 1.31. The minimum atomic E-state index is -0.612. The van der Waals surface area contributed by atoms with Gasteiger partial charge in [0.05, 0.1) is 12.6 Å². The average molecular weight is 389 g/mol. The predicted molar refractivity (Wildman–Crippen MR) is 105 cm³/mol. The summed E-state index contributed by atoms with van der Waals surface area (Å²) in [5, 5.41) is 0. The van der Waals surface area contributed by atoms with Crippen LogP contribution in [0.5, 0.6) is 0 Å². The Bertz CT molecular complexity index is 660. The standard InChI is InChI=1S/C22H31NO5/c1-22(2)27-19-13-18(24)14-23(15-20(19)28-22)12-8-4-7-11-21(25)26-16-17-9-5-3-6-10-17/h3,5-6,9-10,19-20H,4,7-8,11-16H2,1-2H3/t19-,20+/m0/s1. The molecule has 0 amide bonds. The first-order valence-corrected chi connectivity index (χ1v) is 10.2. The number of ether oxygens (including phenoxy) is 3. The number of benzene rings is 1. The second-order valence-corrected chi connectivity index (χ2v) is 8.15. The van der Waals surface area contributed by atoms with Gasteiger partial charge in [0.15, 0.2) is 5.79 Å². The second kappa shape index (κ2) is 9.63. The Morgan fingerprint density at radius 1 is 1.14 bits per heavy atom. The summed E-state index contributed by atoms with van der Waals surface area (Å²) >= 11 is 0. The van der Waals surface area contributed by atoms with Gasteiger partial charge in [-0.3, -0.25) is 14.5 Å². The van der Waals surface area contributed by atoms with Crippen LogP contribution in [-0.4, -0.2) is 54.3 Å². The lowest BCUT2D eigenvalue weighted by Crippen LogP contribution is -2.36. The van der Waals surface area contributed by atoms with Crippen LogP contribution in [0.15, 0.2) is 30.3 Å². The van der Waals surface area contributed by atoms with Gasteiger partial charge in [-0.05, 0) is 38.8 Å². The van der Waals surface area contributed by atoms with Crippen molar-refractivity contribution in [2.45, 2.75) is 70.6 Å². The van der Waals surface area contributed by atoms with E-state index in [4.69, 9.17) is 14.2 Å². The molecule has 6 heteroatoms. The van der Waals surface area contributed by atoms with E-state index in [2.05, 4.69) is 4.90 Å². The van der Waals surface area contributed by atoms with Gasteiger partial charge in [0.2, 0.25) is 0 Å². The van der Waals surface area contributed by atoms with E-state index in [1.165, 1.54) is 0 Å². The van der Waals surface area contributed by atoms with E-state index in [-0.39, 0.29) is 24.0 Å². The molecule has 0 aromatic heterocycles. The van der Waals surface area contributed by atoms with Gasteiger partial charge in [0.25, 0.3) is 0 Å². The monoisotopic (exact) mass is 389 g/mol. The van der Waals surface area contributed by atoms with Crippen LogP contribution >= 0.6 is 0 Å². The Morgan fingerprint density at radius 2 is 1.89 bits per heavy atom. The van der Waals surface area contributed by atoms with Gasteiger partial charge in [-0.15, -0.1) is 0 Å². The third-order valence-electron chi connectivity index (χ3n) is 5.15. The van der Waals surface area contributed by atoms with Crippen molar-refractivity contribution in [2.75, 3.05) is 19.6 Å². The summed E-state index contributed by atoms with van der Waals surface area (Å²) in [5.74, 6) is -0.563. The summed E-state index contributed by atoms with van der Waals surface area (Å²) in [6.07, 6.45) is 3.36. The van der Waals surface area contributed by atoms with E-state index in [9.17, 15) is 9.59 Å². The number of unbranched alkanes of at least 4 members (excludes halogenated alkanes) is 2. The van der Waals surface area contributed by atoms with Gasteiger partial charge in [0.1, 0.15) is 18.5 Å².